The lowest BCUT2D eigenvalue weighted by molar-refractivity contribution is 0.249. The maximum Gasteiger partial charge on any atom is 0.128 e. The lowest BCUT2D eigenvalue weighted by Gasteiger charge is -2.36. The van der Waals surface area contributed by atoms with Crippen LogP contribution in [0.15, 0.2) is 12.1 Å². The molecule has 0 bridgehead atoms. The summed E-state index contributed by atoms with van der Waals surface area (Å²) in [6.45, 7) is 2.84. The lowest BCUT2D eigenvalue weighted by Crippen LogP contribution is -2.42. The minimum atomic E-state index is 0.695. The Morgan fingerprint density at radius 3 is 2.63 bits per heavy atom. The van der Waals surface area contributed by atoms with E-state index in [1.165, 1.54) is 12.8 Å². The predicted molar refractivity (Wildman–Crippen MR) is 80.9 cm³/mol. The number of halogens is 1. The molecular formula is C14H23ClN4. The van der Waals surface area contributed by atoms with E-state index >= 15 is 0 Å². The van der Waals surface area contributed by atoms with Crippen LogP contribution in [0.3, 0.4) is 0 Å². The molecule has 0 atom stereocenters. The van der Waals surface area contributed by atoms with E-state index in [9.17, 15) is 0 Å². The van der Waals surface area contributed by atoms with Gasteiger partial charge in [-0.2, -0.15) is 0 Å². The standard InChI is InChI=1S/C14H23ClN4/c1-16-10-13-12(15)4-5-14(17-13)19-8-6-11(7-9-19)18(2)3/h4-5,11,16H,6-10H2,1-3H3. The van der Waals surface area contributed by atoms with Crippen LogP contribution >= 0.6 is 11.6 Å². The molecule has 19 heavy (non-hydrogen) atoms. The molecule has 0 saturated carbocycles. The first-order valence-corrected chi connectivity index (χ1v) is 7.21. The highest BCUT2D eigenvalue weighted by molar-refractivity contribution is 6.31. The second kappa shape index (κ2) is 6.55. The summed E-state index contributed by atoms with van der Waals surface area (Å²) >= 11 is 6.15. The molecule has 1 aliphatic heterocycles. The predicted octanol–water partition coefficient (Wildman–Crippen LogP) is 1.98. The van der Waals surface area contributed by atoms with Crippen molar-refractivity contribution in [2.45, 2.75) is 25.4 Å². The van der Waals surface area contributed by atoms with Gasteiger partial charge in [0.1, 0.15) is 5.82 Å². The average Bonchev–Trinajstić information content (AvgIpc) is 2.41. The number of rotatable bonds is 4. The molecule has 1 fully saturated rings. The summed E-state index contributed by atoms with van der Waals surface area (Å²) in [4.78, 5) is 9.35. The van der Waals surface area contributed by atoms with Crippen molar-refractivity contribution in [1.82, 2.24) is 15.2 Å². The topological polar surface area (TPSA) is 31.4 Å². The van der Waals surface area contributed by atoms with Crippen molar-refractivity contribution in [3.8, 4) is 0 Å². The average molecular weight is 283 g/mol. The van der Waals surface area contributed by atoms with E-state index in [2.05, 4.69) is 34.2 Å². The van der Waals surface area contributed by atoms with E-state index in [0.717, 1.165) is 29.6 Å². The molecule has 1 saturated heterocycles. The summed E-state index contributed by atoms with van der Waals surface area (Å²) in [5.74, 6) is 1.05. The van der Waals surface area contributed by atoms with Crippen molar-refractivity contribution >= 4 is 17.4 Å². The van der Waals surface area contributed by atoms with Gasteiger partial charge < -0.3 is 15.1 Å². The van der Waals surface area contributed by atoms with Crippen molar-refractivity contribution in [1.29, 1.82) is 0 Å². The molecule has 0 amide bonds. The van der Waals surface area contributed by atoms with Crippen LogP contribution in [-0.2, 0) is 6.54 Å². The Hall–Kier alpha value is -0.840. The minimum Gasteiger partial charge on any atom is -0.356 e. The third-order valence-corrected chi connectivity index (χ3v) is 4.11. The third kappa shape index (κ3) is 3.59. The quantitative estimate of drug-likeness (QED) is 0.915. The Kier molecular flexibility index (Phi) is 5.02. The van der Waals surface area contributed by atoms with Crippen LogP contribution < -0.4 is 10.2 Å². The number of pyridine rings is 1. The zero-order valence-corrected chi connectivity index (χ0v) is 12.7. The normalized spacial score (nSPS) is 17.2. The maximum absolute atomic E-state index is 6.15. The summed E-state index contributed by atoms with van der Waals surface area (Å²) < 4.78 is 0. The largest absolute Gasteiger partial charge is 0.356 e. The molecule has 1 aromatic heterocycles. The zero-order valence-electron chi connectivity index (χ0n) is 12.0. The third-order valence-electron chi connectivity index (χ3n) is 3.77. The lowest BCUT2D eigenvalue weighted by atomic mass is 10.0. The van der Waals surface area contributed by atoms with Gasteiger partial charge in [-0.05, 0) is 46.1 Å². The van der Waals surface area contributed by atoms with E-state index < -0.39 is 0 Å². The Morgan fingerprint density at radius 1 is 1.37 bits per heavy atom. The van der Waals surface area contributed by atoms with Gasteiger partial charge >= 0.3 is 0 Å². The number of nitrogens with one attached hydrogen (secondary N) is 1. The van der Waals surface area contributed by atoms with Gasteiger partial charge in [0.05, 0.1) is 10.7 Å². The molecule has 106 valence electrons. The number of nitrogens with zero attached hydrogens (tertiary/aromatic N) is 3. The van der Waals surface area contributed by atoms with E-state index in [1.54, 1.807) is 0 Å². The Labute approximate surface area is 120 Å². The van der Waals surface area contributed by atoms with Crippen LogP contribution in [0.25, 0.3) is 0 Å². The van der Waals surface area contributed by atoms with Gasteiger partial charge in [0, 0.05) is 25.7 Å². The van der Waals surface area contributed by atoms with E-state index in [0.29, 0.717) is 12.6 Å². The van der Waals surface area contributed by atoms with Gasteiger partial charge in [-0.15, -0.1) is 0 Å². The van der Waals surface area contributed by atoms with Crippen LogP contribution in [0.1, 0.15) is 18.5 Å². The molecule has 0 radical (unpaired) electrons. The highest BCUT2D eigenvalue weighted by atomic mass is 35.5. The summed E-state index contributed by atoms with van der Waals surface area (Å²) in [7, 11) is 6.23. The smallest absolute Gasteiger partial charge is 0.128 e. The van der Waals surface area contributed by atoms with Crippen molar-refractivity contribution in [2.24, 2.45) is 0 Å². The van der Waals surface area contributed by atoms with Crippen molar-refractivity contribution < 1.29 is 0 Å². The molecule has 0 aromatic carbocycles. The van der Waals surface area contributed by atoms with Gasteiger partial charge in [-0.25, -0.2) is 4.98 Å². The minimum absolute atomic E-state index is 0.695. The number of hydrogen-bond acceptors (Lipinski definition) is 4. The SMILES string of the molecule is CNCc1nc(N2CCC(N(C)C)CC2)ccc1Cl. The van der Waals surface area contributed by atoms with E-state index in [4.69, 9.17) is 11.6 Å². The fourth-order valence-corrected chi connectivity index (χ4v) is 2.72. The van der Waals surface area contributed by atoms with Crippen LogP contribution in [-0.4, -0.2) is 50.2 Å². The molecule has 1 N–H and O–H groups in total. The second-order valence-corrected chi connectivity index (χ2v) is 5.72. The van der Waals surface area contributed by atoms with E-state index in [1.807, 2.05) is 19.2 Å². The number of anilines is 1. The summed E-state index contributed by atoms with van der Waals surface area (Å²) in [6, 6.07) is 4.67. The fraction of sp³-hybridized carbons (Fsp3) is 0.643. The van der Waals surface area contributed by atoms with Crippen LogP contribution in [0.2, 0.25) is 5.02 Å². The highest BCUT2D eigenvalue weighted by Gasteiger charge is 2.21. The molecule has 5 heteroatoms. The maximum atomic E-state index is 6.15. The molecule has 0 spiro atoms. The van der Waals surface area contributed by atoms with Crippen LogP contribution in [0, 0.1) is 0 Å². The Morgan fingerprint density at radius 2 is 2.05 bits per heavy atom. The summed E-state index contributed by atoms with van der Waals surface area (Å²) in [6.07, 6.45) is 2.39. The monoisotopic (exact) mass is 282 g/mol. The molecular weight excluding hydrogens is 260 g/mol. The highest BCUT2D eigenvalue weighted by Crippen LogP contribution is 2.23. The van der Waals surface area contributed by atoms with Crippen molar-refractivity contribution in [3.63, 3.8) is 0 Å². The molecule has 2 heterocycles. The molecule has 0 unspecified atom stereocenters. The molecule has 2 rings (SSSR count). The molecule has 0 aliphatic carbocycles. The van der Waals surface area contributed by atoms with Gasteiger partial charge in [-0.1, -0.05) is 11.6 Å². The second-order valence-electron chi connectivity index (χ2n) is 5.31. The fourth-order valence-electron chi connectivity index (χ4n) is 2.55. The van der Waals surface area contributed by atoms with Crippen molar-refractivity contribution in [3.05, 3.63) is 22.8 Å². The number of hydrogen-bond donors (Lipinski definition) is 1. The molecule has 1 aromatic rings. The Balaban J connectivity index is 2.05. The Bertz CT molecular complexity index is 414. The van der Waals surface area contributed by atoms with Gasteiger partial charge in [0.15, 0.2) is 0 Å². The van der Waals surface area contributed by atoms with Gasteiger partial charge in [0.25, 0.3) is 0 Å². The summed E-state index contributed by atoms with van der Waals surface area (Å²) in [5.41, 5.74) is 0.927. The molecule has 4 nitrogen and oxygen atoms in total. The van der Waals surface area contributed by atoms with Crippen molar-refractivity contribution in [2.75, 3.05) is 39.1 Å². The van der Waals surface area contributed by atoms with Gasteiger partial charge in [0.2, 0.25) is 0 Å². The first-order valence-electron chi connectivity index (χ1n) is 6.83. The zero-order chi connectivity index (χ0) is 13.8. The molecule has 1 aliphatic rings. The number of piperidine rings is 1. The van der Waals surface area contributed by atoms with E-state index in [-0.39, 0.29) is 0 Å². The first kappa shape index (κ1) is 14.6. The van der Waals surface area contributed by atoms with Gasteiger partial charge in [-0.3, -0.25) is 0 Å². The number of aromatic nitrogens is 1. The van der Waals surface area contributed by atoms with Crippen LogP contribution in [0.4, 0.5) is 5.82 Å². The summed E-state index contributed by atoms with van der Waals surface area (Å²) in [5, 5.41) is 3.84. The van der Waals surface area contributed by atoms with Crippen LogP contribution in [0.5, 0.6) is 0 Å². The first-order chi connectivity index (χ1) is 9.11.